The van der Waals surface area contributed by atoms with Gasteiger partial charge in [-0.15, -0.1) is 0 Å². The zero-order valence-electron chi connectivity index (χ0n) is 15.2. The van der Waals surface area contributed by atoms with E-state index in [0.717, 1.165) is 11.1 Å². The summed E-state index contributed by atoms with van der Waals surface area (Å²) in [7, 11) is 0. The highest BCUT2D eigenvalue weighted by Crippen LogP contribution is 2.28. The molecule has 2 amide bonds. The van der Waals surface area contributed by atoms with Crippen molar-refractivity contribution < 1.29 is 23.9 Å². The molecular weight excluding hydrogens is 348 g/mol. The van der Waals surface area contributed by atoms with Crippen LogP contribution in [0.4, 0.5) is 11.4 Å². The topological polar surface area (TPSA) is 84.9 Å². The average Bonchev–Trinajstić information content (AvgIpc) is 2.66. The zero-order valence-corrected chi connectivity index (χ0v) is 15.2. The zero-order chi connectivity index (χ0) is 19.4. The van der Waals surface area contributed by atoms with Crippen molar-refractivity contribution in [1.29, 1.82) is 0 Å². The van der Waals surface area contributed by atoms with E-state index in [1.165, 1.54) is 4.90 Å². The minimum absolute atomic E-state index is 0.119. The number of hydrogen-bond donors (Lipinski definition) is 1. The number of para-hydroxylation sites is 2. The highest BCUT2D eigenvalue weighted by molar-refractivity contribution is 6.10. The first-order valence-electron chi connectivity index (χ1n) is 8.49. The minimum Gasteiger partial charge on any atom is -0.482 e. The number of esters is 1. The van der Waals surface area contributed by atoms with Gasteiger partial charge in [0.1, 0.15) is 12.3 Å². The van der Waals surface area contributed by atoms with Gasteiger partial charge in [-0.2, -0.15) is 0 Å². The molecule has 0 spiro atoms. The van der Waals surface area contributed by atoms with E-state index in [2.05, 4.69) is 5.32 Å². The summed E-state index contributed by atoms with van der Waals surface area (Å²) in [4.78, 5) is 37.3. The van der Waals surface area contributed by atoms with Crippen LogP contribution in [0.25, 0.3) is 0 Å². The van der Waals surface area contributed by atoms with E-state index >= 15 is 0 Å². The number of fused-ring (bicyclic) bond motifs is 1. The van der Waals surface area contributed by atoms with Gasteiger partial charge in [0.25, 0.3) is 5.91 Å². The summed E-state index contributed by atoms with van der Waals surface area (Å²) in [6.45, 7) is 3.06. The molecule has 0 atom stereocenters. The average molecular weight is 368 g/mol. The quantitative estimate of drug-likeness (QED) is 0.818. The summed E-state index contributed by atoms with van der Waals surface area (Å²) >= 11 is 0. The second-order valence-electron chi connectivity index (χ2n) is 6.24. The summed E-state index contributed by atoms with van der Waals surface area (Å²) in [5.74, 6) is -0.873. The van der Waals surface area contributed by atoms with Crippen LogP contribution in [0.1, 0.15) is 11.1 Å². The molecule has 1 aliphatic heterocycles. The normalized spacial score (nSPS) is 12.8. The fraction of sp³-hybridized carbons (Fsp3) is 0.250. The predicted molar refractivity (Wildman–Crippen MR) is 99.8 cm³/mol. The van der Waals surface area contributed by atoms with Crippen molar-refractivity contribution in [3.63, 3.8) is 0 Å². The van der Waals surface area contributed by atoms with Gasteiger partial charge in [0.05, 0.1) is 11.4 Å². The molecule has 0 aromatic heterocycles. The second kappa shape index (κ2) is 7.90. The van der Waals surface area contributed by atoms with Crippen molar-refractivity contribution >= 4 is 29.2 Å². The second-order valence-corrected chi connectivity index (χ2v) is 6.24. The molecule has 27 heavy (non-hydrogen) atoms. The van der Waals surface area contributed by atoms with E-state index in [-0.39, 0.29) is 19.1 Å². The minimum atomic E-state index is -0.656. The van der Waals surface area contributed by atoms with Crippen molar-refractivity contribution in [2.24, 2.45) is 0 Å². The molecular formula is C20H20N2O5. The highest BCUT2D eigenvalue weighted by Gasteiger charge is 2.27. The molecule has 0 unspecified atom stereocenters. The van der Waals surface area contributed by atoms with E-state index in [0.29, 0.717) is 17.1 Å². The fourth-order valence-corrected chi connectivity index (χ4v) is 2.66. The molecule has 2 aromatic carbocycles. The molecule has 0 radical (unpaired) electrons. The smallest absolute Gasteiger partial charge is 0.344 e. The van der Waals surface area contributed by atoms with Crippen LogP contribution in [0.5, 0.6) is 5.75 Å². The maximum absolute atomic E-state index is 12.4. The molecule has 3 rings (SSSR count). The van der Waals surface area contributed by atoms with Crippen LogP contribution in [0.3, 0.4) is 0 Å². The molecule has 1 N–H and O–H groups in total. The Morgan fingerprint density at radius 3 is 2.63 bits per heavy atom. The Balaban J connectivity index is 1.53. The van der Waals surface area contributed by atoms with Gasteiger partial charge in [-0.25, -0.2) is 4.79 Å². The first kappa shape index (κ1) is 18.4. The third kappa shape index (κ3) is 4.44. The Kier molecular flexibility index (Phi) is 5.40. The SMILES string of the molecule is Cc1ccc(OCC(=O)OCC(=O)N2CC(=O)Nc3ccccc32)cc1C. The first-order valence-corrected chi connectivity index (χ1v) is 8.49. The summed E-state index contributed by atoms with van der Waals surface area (Å²) in [5.41, 5.74) is 3.30. The van der Waals surface area contributed by atoms with Crippen molar-refractivity contribution in [2.45, 2.75) is 13.8 Å². The molecule has 0 saturated heterocycles. The standard InChI is InChI=1S/C20H20N2O5/c1-13-7-8-15(9-14(13)2)26-12-20(25)27-11-19(24)22-10-18(23)21-16-5-3-4-6-17(16)22/h3-9H,10-12H2,1-2H3,(H,21,23). The number of hydrogen-bond acceptors (Lipinski definition) is 5. The van der Waals surface area contributed by atoms with Crippen LogP contribution in [0.2, 0.25) is 0 Å². The number of nitrogens with zero attached hydrogens (tertiary/aromatic N) is 1. The number of ether oxygens (including phenoxy) is 2. The van der Waals surface area contributed by atoms with Gasteiger partial charge in [0.15, 0.2) is 13.2 Å². The number of aryl methyl sites for hydroxylation is 2. The van der Waals surface area contributed by atoms with Gasteiger partial charge in [0, 0.05) is 0 Å². The fourth-order valence-electron chi connectivity index (χ4n) is 2.66. The number of carbonyl (C=O) groups is 3. The number of amides is 2. The van der Waals surface area contributed by atoms with Crippen LogP contribution in [0.15, 0.2) is 42.5 Å². The molecule has 1 aliphatic rings. The Morgan fingerprint density at radius 1 is 1.07 bits per heavy atom. The van der Waals surface area contributed by atoms with Crippen LogP contribution >= 0.6 is 0 Å². The summed E-state index contributed by atoms with van der Waals surface area (Å²) < 4.78 is 10.4. The van der Waals surface area contributed by atoms with E-state index in [4.69, 9.17) is 9.47 Å². The lowest BCUT2D eigenvalue weighted by Crippen LogP contribution is -2.44. The molecule has 2 aromatic rings. The van der Waals surface area contributed by atoms with E-state index in [9.17, 15) is 14.4 Å². The van der Waals surface area contributed by atoms with Gasteiger partial charge in [0.2, 0.25) is 5.91 Å². The van der Waals surface area contributed by atoms with Crippen molar-refractivity contribution in [3.8, 4) is 5.75 Å². The van der Waals surface area contributed by atoms with Crippen molar-refractivity contribution in [3.05, 3.63) is 53.6 Å². The maximum atomic E-state index is 12.4. The summed E-state index contributed by atoms with van der Waals surface area (Å²) in [5, 5.41) is 2.70. The summed E-state index contributed by atoms with van der Waals surface area (Å²) in [6, 6.07) is 12.4. The largest absolute Gasteiger partial charge is 0.482 e. The van der Waals surface area contributed by atoms with Crippen molar-refractivity contribution in [1.82, 2.24) is 0 Å². The number of carbonyl (C=O) groups excluding carboxylic acids is 3. The summed E-state index contributed by atoms with van der Waals surface area (Å²) in [6.07, 6.45) is 0. The molecule has 1 heterocycles. The lowest BCUT2D eigenvalue weighted by molar-refractivity contribution is -0.149. The molecule has 0 aliphatic carbocycles. The number of rotatable bonds is 5. The molecule has 0 fully saturated rings. The van der Waals surface area contributed by atoms with Crippen LogP contribution in [-0.4, -0.2) is 37.5 Å². The van der Waals surface area contributed by atoms with E-state index in [1.54, 1.807) is 30.3 Å². The molecule has 7 nitrogen and oxygen atoms in total. The van der Waals surface area contributed by atoms with Crippen LogP contribution in [-0.2, 0) is 19.1 Å². The van der Waals surface area contributed by atoms with Crippen LogP contribution in [0, 0.1) is 13.8 Å². The predicted octanol–water partition coefficient (Wildman–Crippen LogP) is 2.21. The lowest BCUT2D eigenvalue weighted by atomic mass is 10.1. The number of anilines is 2. The Bertz CT molecular complexity index is 894. The monoisotopic (exact) mass is 368 g/mol. The Hall–Kier alpha value is -3.35. The van der Waals surface area contributed by atoms with E-state index < -0.39 is 18.5 Å². The van der Waals surface area contributed by atoms with Crippen molar-refractivity contribution in [2.75, 3.05) is 30.0 Å². The Morgan fingerprint density at radius 2 is 1.85 bits per heavy atom. The van der Waals surface area contributed by atoms with Gasteiger partial charge in [-0.3, -0.25) is 14.5 Å². The van der Waals surface area contributed by atoms with Gasteiger partial charge < -0.3 is 14.8 Å². The van der Waals surface area contributed by atoms with Gasteiger partial charge in [-0.1, -0.05) is 18.2 Å². The molecule has 7 heteroatoms. The van der Waals surface area contributed by atoms with Gasteiger partial charge in [-0.05, 0) is 49.2 Å². The maximum Gasteiger partial charge on any atom is 0.344 e. The number of nitrogens with one attached hydrogen (secondary N) is 1. The number of benzene rings is 2. The molecule has 140 valence electrons. The third-order valence-corrected chi connectivity index (χ3v) is 4.26. The third-order valence-electron chi connectivity index (χ3n) is 4.26. The van der Waals surface area contributed by atoms with Gasteiger partial charge >= 0.3 is 5.97 Å². The highest BCUT2D eigenvalue weighted by atomic mass is 16.6. The first-order chi connectivity index (χ1) is 12.9. The Labute approximate surface area is 156 Å². The molecule has 0 saturated carbocycles. The lowest BCUT2D eigenvalue weighted by Gasteiger charge is -2.28. The van der Waals surface area contributed by atoms with Crippen LogP contribution < -0.4 is 15.0 Å². The molecule has 0 bridgehead atoms. The van der Waals surface area contributed by atoms with E-state index in [1.807, 2.05) is 26.0 Å².